The lowest BCUT2D eigenvalue weighted by Crippen LogP contribution is -2.46. The molecule has 0 radical (unpaired) electrons. The minimum absolute atomic E-state index is 0.0177. The lowest BCUT2D eigenvalue weighted by atomic mass is 10.0. The summed E-state index contributed by atoms with van der Waals surface area (Å²) < 4.78 is 13.1. The zero-order valence-corrected chi connectivity index (χ0v) is 14.4. The minimum atomic E-state index is -0.240. The van der Waals surface area contributed by atoms with Gasteiger partial charge in [-0.05, 0) is 50.6 Å². The first-order chi connectivity index (χ1) is 11.1. The summed E-state index contributed by atoms with van der Waals surface area (Å²) in [6, 6.07) is 6.85. The molecule has 128 valence electrons. The van der Waals surface area contributed by atoms with E-state index in [-0.39, 0.29) is 17.9 Å². The predicted octanol–water partition coefficient (Wildman–Crippen LogP) is 3.40. The van der Waals surface area contributed by atoms with Crippen molar-refractivity contribution in [3.05, 3.63) is 35.6 Å². The summed E-state index contributed by atoms with van der Waals surface area (Å²) in [5, 5.41) is 3.06. The van der Waals surface area contributed by atoms with Crippen molar-refractivity contribution in [2.24, 2.45) is 0 Å². The number of urea groups is 1. The van der Waals surface area contributed by atoms with Gasteiger partial charge in [-0.1, -0.05) is 26.0 Å². The van der Waals surface area contributed by atoms with Crippen LogP contribution in [-0.4, -0.2) is 48.1 Å². The Hall–Kier alpha value is -1.62. The molecular formula is C18H28FN3O. The first kappa shape index (κ1) is 17.7. The molecule has 1 aromatic rings. The normalized spacial score (nSPS) is 19.2. The fourth-order valence-electron chi connectivity index (χ4n) is 3.35. The fourth-order valence-corrected chi connectivity index (χ4v) is 3.35. The van der Waals surface area contributed by atoms with Crippen molar-refractivity contribution in [2.75, 3.05) is 26.2 Å². The highest BCUT2D eigenvalue weighted by atomic mass is 19.1. The van der Waals surface area contributed by atoms with Crippen LogP contribution in [0.4, 0.5) is 9.18 Å². The molecule has 2 atom stereocenters. The van der Waals surface area contributed by atoms with E-state index in [4.69, 9.17) is 0 Å². The first-order valence-corrected chi connectivity index (χ1v) is 8.60. The van der Waals surface area contributed by atoms with Crippen LogP contribution >= 0.6 is 0 Å². The second kappa shape index (κ2) is 8.29. The van der Waals surface area contributed by atoms with Gasteiger partial charge in [-0.25, -0.2) is 9.18 Å². The van der Waals surface area contributed by atoms with Gasteiger partial charge in [0.05, 0.1) is 6.04 Å². The van der Waals surface area contributed by atoms with Crippen molar-refractivity contribution in [2.45, 2.75) is 45.7 Å². The molecule has 0 spiro atoms. The molecule has 0 aromatic heterocycles. The Morgan fingerprint density at radius 3 is 2.61 bits per heavy atom. The van der Waals surface area contributed by atoms with Crippen LogP contribution in [0.15, 0.2) is 24.3 Å². The van der Waals surface area contributed by atoms with Crippen molar-refractivity contribution in [1.82, 2.24) is 15.1 Å². The molecule has 1 fully saturated rings. The van der Waals surface area contributed by atoms with E-state index in [1.54, 1.807) is 12.1 Å². The summed E-state index contributed by atoms with van der Waals surface area (Å²) in [5.41, 5.74) is 1.01. The third-order valence-corrected chi connectivity index (χ3v) is 4.75. The number of carbonyl (C=O) groups excluding carboxylic acids is 1. The Morgan fingerprint density at radius 2 is 2.00 bits per heavy atom. The summed E-state index contributed by atoms with van der Waals surface area (Å²) in [6.45, 7) is 9.76. The largest absolute Gasteiger partial charge is 0.336 e. The van der Waals surface area contributed by atoms with Gasteiger partial charge in [-0.3, -0.25) is 4.90 Å². The van der Waals surface area contributed by atoms with Crippen LogP contribution < -0.4 is 5.32 Å². The number of nitrogens with zero attached hydrogens (tertiary/aromatic N) is 2. The van der Waals surface area contributed by atoms with Crippen LogP contribution in [0.1, 0.15) is 45.2 Å². The van der Waals surface area contributed by atoms with Crippen LogP contribution in [0.5, 0.6) is 0 Å². The number of hydrogen-bond acceptors (Lipinski definition) is 2. The maximum Gasteiger partial charge on any atom is 0.317 e. The monoisotopic (exact) mass is 321 g/mol. The second-order valence-corrected chi connectivity index (χ2v) is 6.16. The van der Waals surface area contributed by atoms with E-state index in [0.717, 1.165) is 38.0 Å². The highest BCUT2D eigenvalue weighted by Crippen LogP contribution is 2.31. The molecule has 0 saturated carbocycles. The number of rotatable bonds is 6. The molecule has 1 aromatic carbocycles. The van der Waals surface area contributed by atoms with Crippen molar-refractivity contribution in [3.8, 4) is 0 Å². The molecule has 1 aliphatic heterocycles. The molecule has 1 saturated heterocycles. The number of halogens is 1. The molecule has 0 unspecified atom stereocenters. The molecule has 23 heavy (non-hydrogen) atoms. The number of carbonyl (C=O) groups is 1. The van der Waals surface area contributed by atoms with E-state index in [2.05, 4.69) is 31.0 Å². The van der Waals surface area contributed by atoms with Gasteiger partial charge in [-0.2, -0.15) is 0 Å². The van der Waals surface area contributed by atoms with Crippen LogP contribution in [0.25, 0.3) is 0 Å². The molecule has 1 N–H and O–H groups in total. The molecule has 4 nitrogen and oxygen atoms in total. The Labute approximate surface area is 138 Å². The SMILES string of the molecule is CCN(CC)[C@H](C)CNC(=O)N1CCC[C@@H]1c1ccc(F)cc1. The number of amides is 2. The number of nitrogens with one attached hydrogen (secondary N) is 1. The Morgan fingerprint density at radius 1 is 1.35 bits per heavy atom. The van der Waals surface area contributed by atoms with Gasteiger partial charge in [0.25, 0.3) is 0 Å². The van der Waals surface area contributed by atoms with E-state index < -0.39 is 0 Å². The average Bonchev–Trinajstić information content (AvgIpc) is 3.04. The van der Waals surface area contributed by atoms with E-state index in [1.165, 1.54) is 12.1 Å². The predicted molar refractivity (Wildman–Crippen MR) is 90.9 cm³/mol. The number of benzene rings is 1. The first-order valence-electron chi connectivity index (χ1n) is 8.60. The number of likely N-dealkylation sites (tertiary alicyclic amines) is 1. The number of hydrogen-bond donors (Lipinski definition) is 1. The van der Waals surface area contributed by atoms with Crippen molar-refractivity contribution >= 4 is 6.03 Å². The van der Waals surface area contributed by atoms with Crippen LogP contribution in [0, 0.1) is 5.82 Å². The Kier molecular flexibility index (Phi) is 6.39. The van der Waals surface area contributed by atoms with Crippen molar-refractivity contribution in [3.63, 3.8) is 0 Å². The highest BCUT2D eigenvalue weighted by molar-refractivity contribution is 5.75. The molecule has 2 rings (SSSR count). The van der Waals surface area contributed by atoms with Gasteiger partial charge in [0.2, 0.25) is 0 Å². The van der Waals surface area contributed by atoms with Gasteiger partial charge < -0.3 is 10.2 Å². The third kappa shape index (κ3) is 4.44. The van der Waals surface area contributed by atoms with E-state index in [0.29, 0.717) is 12.6 Å². The summed E-state index contributed by atoms with van der Waals surface area (Å²) in [5.74, 6) is -0.240. The fraction of sp³-hybridized carbons (Fsp3) is 0.611. The molecular weight excluding hydrogens is 293 g/mol. The Bertz CT molecular complexity index is 501. The second-order valence-electron chi connectivity index (χ2n) is 6.16. The molecule has 0 bridgehead atoms. The van der Waals surface area contributed by atoms with Crippen LogP contribution in [-0.2, 0) is 0 Å². The lowest BCUT2D eigenvalue weighted by molar-refractivity contribution is 0.182. The quantitative estimate of drug-likeness (QED) is 0.871. The standard InChI is InChI=1S/C18H28FN3O/c1-4-21(5-2)14(3)13-20-18(23)22-12-6-7-17(22)15-8-10-16(19)11-9-15/h8-11,14,17H,4-7,12-13H2,1-3H3,(H,20,23)/t14-,17-/m1/s1. The Balaban J connectivity index is 1.94. The van der Waals surface area contributed by atoms with Crippen LogP contribution in [0.3, 0.4) is 0 Å². The summed E-state index contributed by atoms with van der Waals surface area (Å²) >= 11 is 0. The van der Waals surface area contributed by atoms with Gasteiger partial charge in [0.1, 0.15) is 5.82 Å². The molecule has 5 heteroatoms. The molecule has 2 amide bonds. The van der Waals surface area contributed by atoms with E-state index >= 15 is 0 Å². The molecule has 0 aliphatic carbocycles. The smallest absolute Gasteiger partial charge is 0.317 e. The topological polar surface area (TPSA) is 35.6 Å². The minimum Gasteiger partial charge on any atom is -0.336 e. The molecule has 1 heterocycles. The highest BCUT2D eigenvalue weighted by Gasteiger charge is 2.30. The van der Waals surface area contributed by atoms with Crippen LogP contribution in [0.2, 0.25) is 0 Å². The summed E-state index contributed by atoms with van der Waals surface area (Å²) in [4.78, 5) is 16.7. The van der Waals surface area contributed by atoms with E-state index in [9.17, 15) is 9.18 Å². The van der Waals surface area contributed by atoms with Gasteiger partial charge >= 0.3 is 6.03 Å². The van der Waals surface area contributed by atoms with Crippen molar-refractivity contribution in [1.29, 1.82) is 0 Å². The zero-order valence-electron chi connectivity index (χ0n) is 14.4. The molecule has 1 aliphatic rings. The van der Waals surface area contributed by atoms with Gasteiger partial charge in [0, 0.05) is 19.1 Å². The number of likely N-dealkylation sites (N-methyl/N-ethyl adjacent to an activating group) is 1. The van der Waals surface area contributed by atoms with Gasteiger partial charge in [0.15, 0.2) is 0 Å². The maximum absolute atomic E-state index is 13.1. The van der Waals surface area contributed by atoms with E-state index in [1.807, 2.05) is 4.90 Å². The zero-order chi connectivity index (χ0) is 16.8. The third-order valence-electron chi connectivity index (χ3n) is 4.75. The average molecular weight is 321 g/mol. The summed E-state index contributed by atoms with van der Waals surface area (Å²) in [6.07, 6.45) is 1.92. The maximum atomic E-state index is 13.1. The lowest BCUT2D eigenvalue weighted by Gasteiger charge is -2.29. The van der Waals surface area contributed by atoms with Crippen molar-refractivity contribution < 1.29 is 9.18 Å². The van der Waals surface area contributed by atoms with Gasteiger partial charge in [-0.15, -0.1) is 0 Å². The summed E-state index contributed by atoms with van der Waals surface area (Å²) in [7, 11) is 0.